The van der Waals surface area contributed by atoms with Gasteiger partial charge in [-0.15, -0.1) is 0 Å². The minimum Gasteiger partial charge on any atom is -0.308 e. The normalized spacial score (nSPS) is 17.5. The number of aromatic nitrogens is 3. The highest BCUT2D eigenvalue weighted by Crippen LogP contribution is 2.14. The van der Waals surface area contributed by atoms with E-state index in [0.29, 0.717) is 17.7 Å². The second-order valence-electron chi connectivity index (χ2n) is 4.89. The van der Waals surface area contributed by atoms with Crippen LogP contribution in [0.3, 0.4) is 0 Å². The number of halogens is 1. The highest BCUT2D eigenvalue weighted by atomic mass is 19.1. The lowest BCUT2D eigenvalue weighted by molar-refractivity contribution is 0.356. The summed E-state index contributed by atoms with van der Waals surface area (Å²) in [7, 11) is 0. The number of nitrogens with zero attached hydrogens (tertiary/aromatic N) is 4. The van der Waals surface area contributed by atoms with Gasteiger partial charge in [-0.2, -0.15) is 10.4 Å². The molecule has 0 fully saturated rings. The van der Waals surface area contributed by atoms with Gasteiger partial charge in [0.25, 0.3) is 0 Å². The molecule has 1 aromatic carbocycles. The van der Waals surface area contributed by atoms with Gasteiger partial charge < -0.3 is 5.32 Å². The maximum Gasteiger partial charge on any atom is 0.138 e. The molecule has 1 N–H and O–H groups in total. The quantitative estimate of drug-likeness (QED) is 0.916. The number of benzene rings is 1. The molecule has 0 aliphatic carbocycles. The van der Waals surface area contributed by atoms with Crippen LogP contribution >= 0.6 is 0 Å². The maximum absolute atomic E-state index is 13.7. The summed E-state index contributed by atoms with van der Waals surface area (Å²) in [6.45, 7) is 1.16. The molecule has 0 bridgehead atoms. The Morgan fingerprint density at radius 3 is 3.25 bits per heavy atom. The van der Waals surface area contributed by atoms with Crippen LogP contribution in [0.4, 0.5) is 4.39 Å². The van der Waals surface area contributed by atoms with Crippen molar-refractivity contribution in [2.24, 2.45) is 0 Å². The van der Waals surface area contributed by atoms with E-state index in [1.54, 1.807) is 12.4 Å². The van der Waals surface area contributed by atoms with E-state index in [2.05, 4.69) is 15.4 Å². The molecular formula is C14H14FN5. The van der Waals surface area contributed by atoms with Crippen LogP contribution in [0.25, 0.3) is 0 Å². The van der Waals surface area contributed by atoms with Gasteiger partial charge in [0.05, 0.1) is 18.2 Å². The van der Waals surface area contributed by atoms with Crippen molar-refractivity contribution in [2.45, 2.75) is 32.0 Å². The Bertz CT molecular complexity index is 658. The van der Waals surface area contributed by atoms with Gasteiger partial charge in [0.2, 0.25) is 0 Å². The monoisotopic (exact) mass is 271 g/mol. The lowest BCUT2D eigenvalue weighted by atomic mass is 10.1. The third-order valence-corrected chi connectivity index (χ3v) is 3.56. The molecule has 0 spiro atoms. The van der Waals surface area contributed by atoms with Crippen LogP contribution in [0.15, 0.2) is 24.5 Å². The summed E-state index contributed by atoms with van der Waals surface area (Å²) in [5.41, 5.74) is 0.999. The predicted molar refractivity (Wildman–Crippen MR) is 70.1 cm³/mol. The Labute approximate surface area is 116 Å². The number of nitrogens with one attached hydrogen (secondary N) is 1. The van der Waals surface area contributed by atoms with Crippen molar-refractivity contribution in [3.8, 4) is 6.07 Å². The van der Waals surface area contributed by atoms with E-state index in [1.165, 1.54) is 12.1 Å². The lowest BCUT2D eigenvalue weighted by Crippen LogP contribution is -2.37. The Morgan fingerprint density at radius 1 is 1.50 bits per heavy atom. The van der Waals surface area contributed by atoms with Crippen LogP contribution in [-0.2, 0) is 19.5 Å². The van der Waals surface area contributed by atoms with Crippen molar-refractivity contribution in [1.29, 1.82) is 5.26 Å². The average Bonchev–Trinajstić information content (AvgIpc) is 2.94. The summed E-state index contributed by atoms with van der Waals surface area (Å²) in [4.78, 5) is 4.17. The van der Waals surface area contributed by atoms with Crippen LogP contribution in [0.1, 0.15) is 23.4 Å². The van der Waals surface area contributed by atoms with Gasteiger partial charge in [0.15, 0.2) is 0 Å². The molecule has 1 aliphatic heterocycles. The standard InChI is InChI=1S/C14H14FN5/c15-13-3-1-10(6-16)5-11(13)7-17-12-2-4-14-18-9-19-20(14)8-12/h1,3,5,9,12,17H,2,4,7-8H2. The second-order valence-corrected chi connectivity index (χ2v) is 4.89. The molecule has 2 aromatic rings. The largest absolute Gasteiger partial charge is 0.308 e. The molecule has 6 heteroatoms. The predicted octanol–water partition coefficient (Wildman–Crippen LogP) is 1.39. The van der Waals surface area contributed by atoms with Gasteiger partial charge in [0.1, 0.15) is 18.0 Å². The van der Waals surface area contributed by atoms with E-state index in [9.17, 15) is 4.39 Å². The van der Waals surface area contributed by atoms with Gasteiger partial charge in [-0.25, -0.2) is 14.1 Å². The Morgan fingerprint density at radius 2 is 2.40 bits per heavy atom. The highest BCUT2D eigenvalue weighted by Gasteiger charge is 2.19. The van der Waals surface area contributed by atoms with Crippen LogP contribution in [-0.4, -0.2) is 20.8 Å². The smallest absolute Gasteiger partial charge is 0.138 e. The summed E-state index contributed by atoms with van der Waals surface area (Å²) in [5, 5.41) is 16.3. The molecule has 1 unspecified atom stereocenters. The molecule has 5 nitrogen and oxygen atoms in total. The summed E-state index contributed by atoms with van der Waals surface area (Å²) >= 11 is 0. The van der Waals surface area contributed by atoms with Crippen LogP contribution in [0.2, 0.25) is 0 Å². The fraction of sp³-hybridized carbons (Fsp3) is 0.357. The van der Waals surface area contributed by atoms with Gasteiger partial charge in [-0.05, 0) is 24.6 Å². The summed E-state index contributed by atoms with van der Waals surface area (Å²) in [6.07, 6.45) is 3.39. The molecule has 1 aromatic heterocycles. The number of rotatable bonds is 3. The number of hydrogen-bond acceptors (Lipinski definition) is 4. The van der Waals surface area contributed by atoms with Gasteiger partial charge >= 0.3 is 0 Å². The van der Waals surface area contributed by atoms with Crippen molar-refractivity contribution in [1.82, 2.24) is 20.1 Å². The lowest BCUT2D eigenvalue weighted by Gasteiger charge is -2.23. The summed E-state index contributed by atoms with van der Waals surface area (Å²) in [5.74, 6) is 0.717. The van der Waals surface area contributed by atoms with Crippen LogP contribution in [0, 0.1) is 17.1 Å². The Hall–Kier alpha value is -2.26. The zero-order chi connectivity index (χ0) is 13.9. The highest BCUT2D eigenvalue weighted by molar-refractivity contribution is 5.33. The van der Waals surface area contributed by atoms with E-state index in [1.807, 2.05) is 10.8 Å². The Balaban J connectivity index is 1.65. The SMILES string of the molecule is N#Cc1ccc(F)c(CNC2CCc3ncnn3C2)c1. The van der Waals surface area contributed by atoms with Crippen molar-refractivity contribution in [3.63, 3.8) is 0 Å². The Kier molecular flexibility index (Phi) is 3.44. The van der Waals surface area contributed by atoms with E-state index in [4.69, 9.17) is 5.26 Å². The molecule has 3 rings (SSSR count). The first-order valence-corrected chi connectivity index (χ1v) is 6.55. The molecule has 1 atom stereocenters. The number of fused-ring (bicyclic) bond motifs is 1. The first kappa shape index (κ1) is 12.8. The molecule has 0 saturated heterocycles. The van der Waals surface area contributed by atoms with E-state index in [-0.39, 0.29) is 11.9 Å². The molecule has 0 amide bonds. The third kappa shape index (κ3) is 2.53. The summed E-state index contributed by atoms with van der Waals surface area (Å²) < 4.78 is 15.6. The van der Waals surface area contributed by atoms with Crippen molar-refractivity contribution in [2.75, 3.05) is 0 Å². The van der Waals surface area contributed by atoms with Crippen LogP contribution < -0.4 is 5.32 Å². The number of aryl methyl sites for hydroxylation is 1. The molecule has 1 aliphatic rings. The zero-order valence-electron chi connectivity index (χ0n) is 10.9. The van der Waals surface area contributed by atoms with Crippen molar-refractivity contribution < 1.29 is 4.39 Å². The molecular weight excluding hydrogens is 257 g/mol. The van der Waals surface area contributed by atoms with Crippen molar-refractivity contribution in [3.05, 3.63) is 47.3 Å². The zero-order valence-corrected chi connectivity index (χ0v) is 10.9. The molecule has 0 saturated carbocycles. The van der Waals surface area contributed by atoms with Gasteiger partial charge in [-0.1, -0.05) is 0 Å². The van der Waals surface area contributed by atoms with Gasteiger partial charge in [0, 0.05) is 24.6 Å². The molecule has 0 radical (unpaired) electrons. The minimum absolute atomic E-state index is 0.245. The average molecular weight is 271 g/mol. The number of nitriles is 1. The molecule has 2 heterocycles. The first-order valence-electron chi connectivity index (χ1n) is 6.55. The first-order chi connectivity index (χ1) is 9.76. The second kappa shape index (κ2) is 5.39. The number of hydrogen-bond donors (Lipinski definition) is 1. The van der Waals surface area contributed by atoms with E-state index >= 15 is 0 Å². The fourth-order valence-corrected chi connectivity index (χ4v) is 2.44. The molecule has 20 heavy (non-hydrogen) atoms. The van der Waals surface area contributed by atoms with Crippen molar-refractivity contribution >= 4 is 0 Å². The third-order valence-electron chi connectivity index (χ3n) is 3.56. The minimum atomic E-state index is -0.284. The van der Waals surface area contributed by atoms with E-state index in [0.717, 1.165) is 25.2 Å². The van der Waals surface area contributed by atoms with Gasteiger partial charge in [-0.3, -0.25) is 0 Å². The fourth-order valence-electron chi connectivity index (χ4n) is 2.44. The van der Waals surface area contributed by atoms with Crippen LogP contribution in [0.5, 0.6) is 0 Å². The van der Waals surface area contributed by atoms with E-state index < -0.39 is 0 Å². The molecule has 102 valence electrons. The topological polar surface area (TPSA) is 66.5 Å². The summed E-state index contributed by atoms with van der Waals surface area (Å²) in [6, 6.07) is 6.69. The maximum atomic E-state index is 13.7.